The maximum atomic E-state index is 13.7. The summed E-state index contributed by atoms with van der Waals surface area (Å²) in [6, 6.07) is 15.3. The van der Waals surface area contributed by atoms with Gasteiger partial charge in [0.25, 0.3) is 5.91 Å². The van der Waals surface area contributed by atoms with Crippen molar-refractivity contribution in [3.63, 3.8) is 0 Å². The predicted molar refractivity (Wildman–Crippen MR) is 118 cm³/mol. The van der Waals surface area contributed by atoms with Crippen LogP contribution in [0.3, 0.4) is 0 Å². The molecule has 0 bridgehead atoms. The predicted octanol–water partition coefficient (Wildman–Crippen LogP) is 4.07. The minimum Gasteiger partial charge on any atom is -0.497 e. The van der Waals surface area contributed by atoms with Gasteiger partial charge in [-0.15, -0.1) is 6.58 Å². The van der Waals surface area contributed by atoms with Crippen LogP contribution < -0.4 is 14.4 Å². The van der Waals surface area contributed by atoms with Crippen LogP contribution in [-0.4, -0.2) is 22.0 Å². The van der Waals surface area contributed by atoms with Gasteiger partial charge in [-0.2, -0.15) is 0 Å². The van der Waals surface area contributed by atoms with Crippen LogP contribution in [0, 0.1) is 0 Å². The van der Waals surface area contributed by atoms with Gasteiger partial charge < -0.3 is 9.64 Å². The van der Waals surface area contributed by atoms with Crippen molar-refractivity contribution >= 4 is 22.6 Å². The van der Waals surface area contributed by atoms with Crippen molar-refractivity contribution in [2.24, 2.45) is 0 Å². The minimum absolute atomic E-state index is 0.119. The van der Waals surface area contributed by atoms with E-state index in [1.54, 1.807) is 18.1 Å². The van der Waals surface area contributed by atoms with Gasteiger partial charge in [-0.3, -0.25) is 4.79 Å². The second-order valence-electron chi connectivity index (χ2n) is 8.14. The number of benzene rings is 2. The average molecular weight is 413 g/mol. The van der Waals surface area contributed by atoms with Crippen LogP contribution in [0.2, 0.25) is 0 Å². The lowest BCUT2D eigenvalue weighted by Gasteiger charge is -2.31. The molecule has 0 spiro atoms. The first-order chi connectivity index (χ1) is 13.7. The van der Waals surface area contributed by atoms with Crippen molar-refractivity contribution in [1.29, 1.82) is 0 Å². The Kier molecular flexibility index (Phi) is 5.96. The van der Waals surface area contributed by atoms with E-state index in [1.807, 2.05) is 69.3 Å². The minimum atomic E-state index is -1.42. The first-order valence-electron chi connectivity index (χ1n) is 9.58. The lowest BCUT2D eigenvalue weighted by atomic mass is 9.89. The quantitative estimate of drug-likeness (QED) is 0.698. The number of rotatable bonds is 7. The van der Waals surface area contributed by atoms with Crippen LogP contribution in [0.5, 0.6) is 5.75 Å². The summed E-state index contributed by atoms with van der Waals surface area (Å²) in [6.45, 7) is 9.93. The third-order valence-corrected chi connectivity index (χ3v) is 6.68. The summed E-state index contributed by atoms with van der Waals surface area (Å²) in [6.07, 6.45) is 2.06. The van der Waals surface area contributed by atoms with E-state index in [1.165, 1.54) is 0 Å². The average Bonchev–Trinajstić information content (AvgIpc) is 2.91. The molecule has 0 aliphatic carbocycles. The summed E-state index contributed by atoms with van der Waals surface area (Å²) in [5, 5.41) is 0. The summed E-state index contributed by atoms with van der Waals surface area (Å²) in [4.78, 5) is 15.5. The molecule has 2 aromatic carbocycles. The zero-order valence-electron chi connectivity index (χ0n) is 17.4. The molecule has 1 heterocycles. The molecule has 2 aromatic rings. The molecule has 0 saturated heterocycles. The molecule has 154 valence electrons. The number of para-hydroxylation sites is 1. The topological polar surface area (TPSA) is 58.6 Å². The Labute approximate surface area is 175 Å². The van der Waals surface area contributed by atoms with E-state index in [4.69, 9.17) is 4.74 Å². The number of ether oxygens (including phenoxy) is 1. The van der Waals surface area contributed by atoms with Gasteiger partial charge in [-0.05, 0) is 51.0 Å². The van der Waals surface area contributed by atoms with Gasteiger partial charge in [0.15, 0.2) is 0 Å². The van der Waals surface area contributed by atoms with Crippen molar-refractivity contribution < 1.29 is 13.7 Å². The molecule has 1 N–H and O–H groups in total. The molecule has 1 aliphatic rings. The highest BCUT2D eigenvalue weighted by molar-refractivity contribution is 7.84. The van der Waals surface area contributed by atoms with Crippen LogP contribution in [0.15, 0.2) is 61.2 Å². The molecule has 29 heavy (non-hydrogen) atoms. The summed E-state index contributed by atoms with van der Waals surface area (Å²) in [5.74, 6) is 0.650. The van der Waals surface area contributed by atoms with E-state index in [9.17, 15) is 9.00 Å². The van der Waals surface area contributed by atoms with E-state index in [-0.39, 0.29) is 5.91 Å². The Morgan fingerprint density at radius 1 is 1.17 bits per heavy atom. The molecule has 0 fully saturated rings. The molecule has 1 amide bonds. The lowest BCUT2D eigenvalue weighted by molar-refractivity contribution is -0.123. The van der Waals surface area contributed by atoms with Gasteiger partial charge in [-0.1, -0.05) is 36.4 Å². The van der Waals surface area contributed by atoms with Crippen LogP contribution in [0.4, 0.5) is 5.69 Å². The number of nitrogens with one attached hydrogen (secondary N) is 1. The van der Waals surface area contributed by atoms with Crippen LogP contribution >= 0.6 is 0 Å². The van der Waals surface area contributed by atoms with Gasteiger partial charge in [-0.25, -0.2) is 8.93 Å². The third kappa shape index (κ3) is 4.00. The maximum absolute atomic E-state index is 13.7. The van der Waals surface area contributed by atoms with E-state index in [0.717, 1.165) is 22.6 Å². The number of fused-ring (bicyclic) bond motifs is 1. The van der Waals surface area contributed by atoms with Gasteiger partial charge in [0, 0.05) is 11.3 Å². The van der Waals surface area contributed by atoms with Crippen molar-refractivity contribution in [1.82, 2.24) is 4.72 Å². The fraction of sp³-hybridized carbons (Fsp3) is 0.348. The Morgan fingerprint density at radius 3 is 2.41 bits per heavy atom. The maximum Gasteiger partial charge on any atom is 0.253 e. The molecule has 5 nitrogen and oxygen atoms in total. The van der Waals surface area contributed by atoms with Crippen LogP contribution in [0.1, 0.15) is 38.3 Å². The number of hydrogen-bond donors (Lipinski definition) is 1. The van der Waals surface area contributed by atoms with Crippen molar-refractivity contribution in [3.05, 3.63) is 72.3 Å². The van der Waals surface area contributed by atoms with Gasteiger partial charge >= 0.3 is 0 Å². The van der Waals surface area contributed by atoms with Gasteiger partial charge in [0.1, 0.15) is 11.3 Å². The molecule has 0 aromatic heterocycles. The number of hydrogen-bond acceptors (Lipinski definition) is 3. The number of methoxy groups -OCH3 is 1. The number of carbonyl (C=O) groups is 1. The van der Waals surface area contributed by atoms with Crippen molar-refractivity contribution in [2.45, 2.75) is 44.0 Å². The SMILES string of the molecule is C=CC[C@]1(N[S@](=O)C(C)(C)C)C(=O)N(Cc2ccc(OC)cc2)c2ccccc21. The highest BCUT2D eigenvalue weighted by atomic mass is 32.2. The largest absolute Gasteiger partial charge is 0.497 e. The molecule has 1 aliphatic heterocycles. The van der Waals surface area contributed by atoms with E-state index >= 15 is 0 Å². The molecular weight excluding hydrogens is 384 g/mol. The first-order valence-corrected chi connectivity index (χ1v) is 10.7. The van der Waals surface area contributed by atoms with Crippen LogP contribution in [-0.2, 0) is 27.9 Å². The standard InChI is InChI=1S/C23H28N2O3S/c1-6-15-23(24-29(27)22(2,3)4)19-9-7-8-10-20(19)25(21(23)26)16-17-11-13-18(28-5)14-12-17/h6-14,24H,1,15-16H2,2-5H3/t23-,29-/m1/s1. The molecule has 6 heteroatoms. The van der Waals surface area contributed by atoms with Gasteiger partial charge in [0.05, 0.1) is 29.4 Å². The smallest absolute Gasteiger partial charge is 0.253 e. The lowest BCUT2D eigenvalue weighted by Crippen LogP contribution is -2.53. The van der Waals surface area contributed by atoms with Gasteiger partial charge in [0.2, 0.25) is 0 Å². The van der Waals surface area contributed by atoms with Crippen LogP contribution in [0.25, 0.3) is 0 Å². The summed E-state index contributed by atoms with van der Waals surface area (Å²) in [5.41, 5.74) is 1.55. The first kappa shape index (κ1) is 21.3. The zero-order valence-corrected chi connectivity index (χ0v) is 18.2. The highest BCUT2D eigenvalue weighted by Crippen LogP contribution is 2.44. The Hall–Kier alpha value is -2.44. The monoisotopic (exact) mass is 412 g/mol. The summed E-state index contributed by atoms with van der Waals surface area (Å²) in [7, 11) is 0.201. The second-order valence-corrected chi connectivity index (χ2v) is 10.1. The molecule has 0 saturated carbocycles. The third-order valence-electron chi connectivity index (χ3n) is 5.04. The highest BCUT2D eigenvalue weighted by Gasteiger charge is 2.51. The molecule has 2 atom stereocenters. The summed E-state index contributed by atoms with van der Waals surface area (Å²) >= 11 is 0. The number of anilines is 1. The van der Waals surface area contributed by atoms with E-state index in [0.29, 0.717) is 13.0 Å². The van der Waals surface area contributed by atoms with Crippen molar-refractivity contribution in [3.8, 4) is 5.75 Å². The second kappa shape index (κ2) is 8.13. The molecule has 0 radical (unpaired) electrons. The normalized spacial score (nSPS) is 19.7. The Balaban J connectivity index is 2.03. The number of amides is 1. The Morgan fingerprint density at radius 2 is 1.83 bits per heavy atom. The fourth-order valence-corrected chi connectivity index (χ4v) is 4.36. The van der Waals surface area contributed by atoms with Crippen molar-refractivity contribution in [2.75, 3.05) is 12.0 Å². The number of nitrogens with zero attached hydrogens (tertiary/aromatic N) is 1. The molecule has 0 unspecified atom stereocenters. The fourth-order valence-electron chi connectivity index (χ4n) is 3.46. The zero-order chi connectivity index (χ0) is 21.2. The molecule has 3 rings (SSSR count). The molecular formula is C23H28N2O3S. The van der Waals surface area contributed by atoms with E-state index in [2.05, 4.69) is 11.3 Å². The summed E-state index contributed by atoms with van der Waals surface area (Å²) < 4.78 is 20.9. The van der Waals surface area contributed by atoms with E-state index < -0.39 is 21.3 Å². The number of carbonyl (C=O) groups excluding carboxylic acids is 1. The Bertz CT molecular complexity index is 934.